The Kier molecular flexibility index (Phi) is 54.3. The molecule has 0 radical (unpaired) electrons. The van der Waals surface area contributed by atoms with Gasteiger partial charge in [-0.15, -0.1) is 0 Å². The lowest BCUT2D eigenvalue weighted by molar-refractivity contribution is -0.175. The third-order valence-corrected chi connectivity index (χ3v) is 14.4. The fourth-order valence-corrected chi connectivity index (χ4v) is 9.77. The van der Waals surface area contributed by atoms with Gasteiger partial charge in [0, 0.05) is 19.3 Å². The molecule has 0 aromatic rings. The highest BCUT2D eigenvalue weighted by Crippen LogP contribution is 2.20. The average Bonchev–Trinajstić information content (AvgIpc) is 3.33. The molecule has 0 amide bonds. The normalized spacial score (nSPS) is 12.4. The van der Waals surface area contributed by atoms with Gasteiger partial charge in [-0.2, -0.15) is 0 Å². The Morgan fingerprint density at radius 2 is 0.478 bits per heavy atom. The predicted molar refractivity (Wildman–Crippen MR) is 289 cm³/mol. The topological polar surface area (TPSA) is 89.9 Å². The summed E-state index contributed by atoms with van der Waals surface area (Å²) in [5.74, 6) is -1.10. The number of carbonyl (C=O) groups excluding carboxylic acids is 3. The molecule has 67 heavy (non-hydrogen) atoms. The van der Waals surface area contributed by atoms with E-state index in [4.69, 9.17) is 9.47 Å². The molecule has 0 aromatic heterocycles. The first kappa shape index (κ1) is 65.6. The van der Waals surface area contributed by atoms with Gasteiger partial charge in [-0.25, -0.2) is 0 Å². The molecule has 0 bridgehead atoms. The van der Waals surface area contributed by atoms with Crippen LogP contribution in [0.1, 0.15) is 355 Å². The van der Waals surface area contributed by atoms with Crippen molar-refractivity contribution in [1.29, 1.82) is 0 Å². The summed E-state index contributed by atoms with van der Waals surface area (Å²) in [6.45, 7) is 6.29. The molecule has 6 heteroatoms. The third kappa shape index (κ3) is 49.4. The number of hydrogen-bond donors (Lipinski definition) is 1. The Labute approximate surface area is 418 Å². The minimum Gasteiger partial charge on any atom is -0.455 e. The van der Waals surface area contributed by atoms with Crippen LogP contribution in [0.3, 0.4) is 0 Å². The van der Waals surface area contributed by atoms with Crippen molar-refractivity contribution >= 4 is 17.7 Å². The van der Waals surface area contributed by atoms with Gasteiger partial charge in [0.15, 0.2) is 18.0 Å². The first-order valence-electron chi connectivity index (χ1n) is 30.5. The Morgan fingerprint density at radius 1 is 0.284 bits per heavy atom. The number of hydrogen-bond acceptors (Lipinski definition) is 6. The molecule has 398 valence electrons. The summed E-state index contributed by atoms with van der Waals surface area (Å²) in [4.78, 5) is 39.6. The molecule has 0 aliphatic heterocycles. The number of aliphatic hydroxyl groups excluding tert-OH is 1. The maximum Gasteiger partial charge on any atom is 0.306 e. The Balaban J connectivity index is 4.52. The minimum atomic E-state index is -1.24. The molecule has 0 aliphatic carbocycles. The molecule has 0 heterocycles. The van der Waals surface area contributed by atoms with Gasteiger partial charge in [0.1, 0.15) is 0 Å². The molecule has 0 aliphatic rings. The quantitative estimate of drug-likeness (QED) is 0.0483. The molecule has 0 aromatic carbocycles. The van der Waals surface area contributed by atoms with Gasteiger partial charge in [0.2, 0.25) is 0 Å². The van der Waals surface area contributed by atoms with Gasteiger partial charge >= 0.3 is 11.9 Å². The number of ketones is 1. The number of rotatable bonds is 57. The number of ether oxygens (including phenoxy) is 2. The van der Waals surface area contributed by atoms with Gasteiger partial charge in [0.25, 0.3) is 0 Å². The third-order valence-electron chi connectivity index (χ3n) is 14.4. The van der Waals surface area contributed by atoms with Crippen molar-refractivity contribution in [2.45, 2.75) is 367 Å². The van der Waals surface area contributed by atoms with E-state index in [1.807, 2.05) is 0 Å². The Bertz CT molecular complexity index is 1010. The fraction of sp³-hybridized carbons (Fsp3) is 0.951. The molecular formula is C61H118O6. The molecule has 0 saturated carbocycles. The van der Waals surface area contributed by atoms with E-state index < -0.39 is 30.8 Å². The Hall–Kier alpha value is -1.43. The second kappa shape index (κ2) is 55.5. The summed E-state index contributed by atoms with van der Waals surface area (Å²) >= 11 is 0. The molecule has 0 fully saturated rings. The van der Waals surface area contributed by atoms with E-state index >= 15 is 0 Å². The zero-order valence-electron chi connectivity index (χ0n) is 45.6. The molecule has 0 spiro atoms. The molecule has 2 unspecified atom stereocenters. The second-order valence-electron chi connectivity index (χ2n) is 21.1. The van der Waals surface area contributed by atoms with E-state index in [9.17, 15) is 19.5 Å². The van der Waals surface area contributed by atoms with Gasteiger partial charge < -0.3 is 14.6 Å². The van der Waals surface area contributed by atoms with Crippen molar-refractivity contribution in [3.8, 4) is 0 Å². The van der Waals surface area contributed by atoms with Crippen LogP contribution >= 0.6 is 0 Å². The zero-order valence-corrected chi connectivity index (χ0v) is 45.6. The largest absolute Gasteiger partial charge is 0.455 e. The first-order valence-corrected chi connectivity index (χ1v) is 30.5. The van der Waals surface area contributed by atoms with Crippen LogP contribution in [0.15, 0.2) is 0 Å². The zero-order chi connectivity index (χ0) is 48.8. The average molecular weight is 948 g/mol. The van der Waals surface area contributed by atoms with Crippen LogP contribution in [0.4, 0.5) is 0 Å². The fourth-order valence-electron chi connectivity index (χ4n) is 9.77. The van der Waals surface area contributed by atoms with Crippen LogP contribution in [0, 0.1) is 0 Å². The molecular weight excluding hydrogens is 829 g/mol. The Morgan fingerprint density at radius 3 is 0.701 bits per heavy atom. The van der Waals surface area contributed by atoms with Gasteiger partial charge in [-0.05, 0) is 19.3 Å². The van der Waals surface area contributed by atoms with Crippen LogP contribution in [-0.2, 0) is 23.9 Å². The minimum absolute atomic E-state index is 0.240. The van der Waals surface area contributed by atoms with Crippen molar-refractivity contribution in [1.82, 2.24) is 0 Å². The maximum absolute atomic E-state index is 13.6. The lowest BCUT2D eigenvalue weighted by Gasteiger charge is -2.25. The number of Topliss-reactive ketones (excluding diaryl/α,β-unsaturated/α-hetero) is 1. The van der Waals surface area contributed by atoms with Gasteiger partial charge in [0.05, 0.1) is 6.61 Å². The second-order valence-corrected chi connectivity index (χ2v) is 21.1. The predicted octanol–water partition coefficient (Wildman–Crippen LogP) is 19.7. The molecule has 1 N–H and O–H groups in total. The van der Waals surface area contributed by atoms with E-state index in [1.165, 1.54) is 257 Å². The number of esters is 2. The van der Waals surface area contributed by atoms with Crippen molar-refractivity contribution < 1.29 is 29.0 Å². The van der Waals surface area contributed by atoms with E-state index in [0.29, 0.717) is 0 Å². The van der Waals surface area contributed by atoms with E-state index in [-0.39, 0.29) is 25.0 Å². The summed E-state index contributed by atoms with van der Waals surface area (Å²) in [6.07, 6.45) is 60.5. The summed E-state index contributed by atoms with van der Waals surface area (Å²) in [5.41, 5.74) is 0. The molecule has 0 rings (SSSR count). The van der Waals surface area contributed by atoms with Crippen LogP contribution in [0.5, 0.6) is 0 Å². The van der Waals surface area contributed by atoms with E-state index in [1.54, 1.807) is 0 Å². The SMILES string of the molecule is CCCCCCCCCCCCCCCCCCCCCC(=O)C(OC(=O)CCCCCCCCCCCCCCCCC)C(CO)OC(=O)CCCCCCCCCCCCCCCCC. The highest BCUT2D eigenvalue weighted by molar-refractivity contribution is 5.86. The lowest BCUT2D eigenvalue weighted by Crippen LogP contribution is -2.43. The van der Waals surface area contributed by atoms with Gasteiger partial charge in [-0.3, -0.25) is 14.4 Å². The summed E-state index contributed by atoms with van der Waals surface area (Å²) in [5, 5.41) is 10.3. The molecule has 2 atom stereocenters. The smallest absolute Gasteiger partial charge is 0.306 e. The van der Waals surface area contributed by atoms with Crippen LogP contribution in [0.2, 0.25) is 0 Å². The van der Waals surface area contributed by atoms with E-state index in [2.05, 4.69) is 20.8 Å². The van der Waals surface area contributed by atoms with E-state index in [0.717, 1.165) is 57.8 Å². The number of aliphatic hydroxyl groups is 1. The molecule has 0 saturated heterocycles. The number of carbonyl (C=O) groups is 3. The standard InChI is InChI=1S/C61H118O6/c1-4-7-10-13-16-19-22-25-28-29-30-31-34-35-38-41-44-47-50-53-57(63)61(67-60(65)55-52-49-46-43-40-37-33-27-24-21-18-15-12-9-6-3)58(56-62)66-59(64)54-51-48-45-42-39-36-32-26-23-20-17-14-11-8-5-2/h58,61-62H,4-56H2,1-3H3. The summed E-state index contributed by atoms with van der Waals surface area (Å²) in [6, 6.07) is 0. The van der Waals surface area contributed by atoms with Crippen molar-refractivity contribution in [2.24, 2.45) is 0 Å². The molecule has 6 nitrogen and oxygen atoms in total. The van der Waals surface area contributed by atoms with Crippen LogP contribution < -0.4 is 0 Å². The van der Waals surface area contributed by atoms with Crippen molar-refractivity contribution in [3.63, 3.8) is 0 Å². The maximum atomic E-state index is 13.6. The highest BCUT2D eigenvalue weighted by atomic mass is 16.6. The van der Waals surface area contributed by atoms with Crippen molar-refractivity contribution in [3.05, 3.63) is 0 Å². The van der Waals surface area contributed by atoms with Crippen LogP contribution in [-0.4, -0.2) is 41.6 Å². The monoisotopic (exact) mass is 947 g/mol. The lowest BCUT2D eigenvalue weighted by atomic mass is 10.0. The van der Waals surface area contributed by atoms with Gasteiger partial charge in [-0.1, -0.05) is 316 Å². The summed E-state index contributed by atoms with van der Waals surface area (Å²) in [7, 11) is 0. The van der Waals surface area contributed by atoms with Crippen LogP contribution in [0.25, 0.3) is 0 Å². The van der Waals surface area contributed by atoms with Crippen molar-refractivity contribution in [2.75, 3.05) is 6.61 Å². The number of unbranched alkanes of at least 4 members (excludes halogenated alkanes) is 46. The first-order chi connectivity index (χ1) is 33.0. The summed E-state index contributed by atoms with van der Waals surface area (Å²) < 4.78 is 11.5. The highest BCUT2D eigenvalue weighted by Gasteiger charge is 2.34.